The first-order valence-electron chi connectivity index (χ1n) is 13.6. The van der Waals surface area contributed by atoms with Crippen LogP contribution >= 0.6 is 7.82 Å². The number of aromatic nitrogens is 3. The molecule has 2 aromatic heterocycles. The van der Waals surface area contributed by atoms with Gasteiger partial charge < -0.3 is 4.90 Å². The van der Waals surface area contributed by atoms with Crippen LogP contribution in [0.2, 0.25) is 0 Å². The predicted octanol–water partition coefficient (Wildman–Crippen LogP) is 8.41. The molecule has 0 N–H and O–H groups in total. The number of allylic oxidation sites excluding steroid dienone is 8. The van der Waals surface area contributed by atoms with Crippen LogP contribution < -0.4 is 0 Å². The summed E-state index contributed by atoms with van der Waals surface area (Å²) in [6.45, 7) is 22.6. The summed E-state index contributed by atoms with van der Waals surface area (Å²) in [5, 5.41) is 21.3. The van der Waals surface area contributed by atoms with E-state index >= 15 is 0 Å². The van der Waals surface area contributed by atoms with Crippen molar-refractivity contribution in [2.45, 2.75) is 47.6 Å². The van der Waals surface area contributed by atoms with Gasteiger partial charge in [-0.05, 0) is 59.8 Å². The Kier molecular flexibility index (Phi) is 15.3. The third kappa shape index (κ3) is 11.1. The normalized spacial score (nSPS) is 13.2. The van der Waals surface area contributed by atoms with Crippen molar-refractivity contribution in [3.8, 4) is 11.9 Å². The number of hydrogen-bond donors (Lipinski definition) is 0. The van der Waals surface area contributed by atoms with Gasteiger partial charge in [-0.15, -0.1) is 0 Å². The van der Waals surface area contributed by atoms with E-state index in [4.69, 9.17) is 18.6 Å². The van der Waals surface area contributed by atoms with Crippen LogP contribution in [0.3, 0.4) is 0 Å². The molecule has 0 bridgehead atoms. The molecule has 0 aromatic carbocycles. The largest absolute Gasteiger partial charge is 0.474 e. The smallest absolute Gasteiger partial charge is 0.377 e. The Morgan fingerprint density at radius 2 is 1.80 bits per heavy atom. The number of nitrogens with zero attached hydrogens (tertiary/aromatic N) is 7. The van der Waals surface area contributed by atoms with Gasteiger partial charge in [-0.3, -0.25) is 13.6 Å². The van der Waals surface area contributed by atoms with Crippen LogP contribution in [-0.2, 0) is 18.1 Å². The maximum Gasteiger partial charge on any atom is 0.474 e. The van der Waals surface area contributed by atoms with E-state index in [2.05, 4.69) is 35.1 Å². The number of phosphoric acid groups is 1. The molecule has 1 unspecified atom stereocenters. The van der Waals surface area contributed by atoms with Crippen molar-refractivity contribution >= 4 is 13.4 Å². The van der Waals surface area contributed by atoms with Crippen LogP contribution in [0, 0.1) is 18.3 Å². The minimum Gasteiger partial charge on any atom is -0.377 e. The van der Waals surface area contributed by atoms with E-state index in [0.29, 0.717) is 22.8 Å². The zero-order valence-corrected chi connectivity index (χ0v) is 28.3. The maximum absolute atomic E-state index is 12.6. The van der Waals surface area contributed by atoms with Crippen LogP contribution in [0.1, 0.15) is 63.4 Å². The van der Waals surface area contributed by atoms with E-state index in [1.807, 2.05) is 90.0 Å². The highest BCUT2D eigenvalue weighted by molar-refractivity contribution is 7.48. The second kappa shape index (κ2) is 17.8. The van der Waals surface area contributed by atoms with Crippen molar-refractivity contribution in [1.82, 2.24) is 19.7 Å². The second-order valence-electron chi connectivity index (χ2n) is 9.81. The lowest BCUT2D eigenvalue weighted by molar-refractivity contribution is 0.114. The van der Waals surface area contributed by atoms with Crippen LogP contribution in [0.25, 0.3) is 11.4 Å². The first-order valence-corrected chi connectivity index (χ1v) is 15.1. The molecule has 0 aliphatic heterocycles. The molecular formula is C32H44N7O4P. The van der Waals surface area contributed by atoms with E-state index in [9.17, 15) is 9.83 Å². The summed E-state index contributed by atoms with van der Waals surface area (Å²) in [4.78, 5) is 6.84. The highest BCUT2D eigenvalue weighted by Gasteiger charge is 2.29. The van der Waals surface area contributed by atoms with E-state index < -0.39 is 13.9 Å². The molecule has 0 fully saturated rings. The molecular weight excluding hydrogens is 577 g/mol. The lowest BCUT2D eigenvalue weighted by Gasteiger charge is -2.22. The zero-order chi connectivity index (χ0) is 33.6. The van der Waals surface area contributed by atoms with Gasteiger partial charge in [0.05, 0.1) is 23.2 Å². The van der Waals surface area contributed by atoms with Gasteiger partial charge in [0, 0.05) is 50.8 Å². The zero-order valence-electron chi connectivity index (χ0n) is 27.5. The van der Waals surface area contributed by atoms with Crippen molar-refractivity contribution in [2.75, 3.05) is 28.3 Å². The Bertz CT molecular complexity index is 1550. The fraction of sp³-hybridized carbons (Fsp3) is 0.344. The summed E-state index contributed by atoms with van der Waals surface area (Å²) >= 11 is 0. The first-order chi connectivity index (χ1) is 20.7. The number of rotatable bonds is 13. The van der Waals surface area contributed by atoms with E-state index in [1.54, 1.807) is 23.7 Å². The van der Waals surface area contributed by atoms with E-state index in [-0.39, 0.29) is 5.69 Å². The molecule has 0 aliphatic rings. The lowest BCUT2D eigenvalue weighted by Crippen LogP contribution is -2.14. The number of phosphoric ester groups is 1. The minimum atomic E-state index is -3.77. The van der Waals surface area contributed by atoms with E-state index in [1.165, 1.54) is 14.2 Å². The third-order valence-electron chi connectivity index (χ3n) is 5.84. The summed E-state index contributed by atoms with van der Waals surface area (Å²) in [6, 6.07) is 7.34. The molecule has 2 rings (SSSR count). The third-order valence-corrected chi connectivity index (χ3v) is 7.31. The molecule has 2 aromatic rings. The Labute approximate surface area is 261 Å². The second-order valence-corrected chi connectivity index (χ2v) is 11.6. The lowest BCUT2D eigenvalue weighted by atomic mass is 10.0. The molecule has 0 amide bonds. The Hall–Kier alpha value is -4.20. The topological polar surface area (TPSA) is 127 Å². The molecule has 0 radical (unpaired) electrons. The molecule has 0 spiro atoms. The molecule has 0 aliphatic carbocycles. The molecule has 1 atom stereocenters. The van der Waals surface area contributed by atoms with Gasteiger partial charge in [0.25, 0.3) is 0 Å². The van der Waals surface area contributed by atoms with Crippen molar-refractivity contribution in [1.29, 1.82) is 5.26 Å². The van der Waals surface area contributed by atoms with Crippen molar-refractivity contribution in [3.05, 3.63) is 108 Å². The van der Waals surface area contributed by atoms with Gasteiger partial charge in [0.15, 0.2) is 11.5 Å². The van der Waals surface area contributed by atoms with E-state index in [0.717, 1.165) is 28.2 Å². The fourth-order valence-corrected chi connectivity index (χ4v) is 4.34. The molecule has 0 saturated carbocycles. The first kappa shape index (κ1) is 37.8. The number of likely N-dealkylation sites (N-methyl/N-ethyl adjacent to an activating group) is 1. The van der Waals surface area contributed by atoms with Crippen molar-refractivity contribution < 1.29 is 18.1 Å². The summed E-state index contributed by atoms with van der Waals surface area (Å²) in [7, 11) is 2.58. The van der Waals surface area contributed by atoms with Gasteiger partial charge in [0.2, 0.25) is 0 Å². The van der Waals surface area contributed by atoms with Crippen molar-refractivity contribution in [3.63, 3.8) is 0 Å². The summed E-state index contributed by atoms with van der Waals surface area (Å²) < 4.78 is 29.7. The average Bonchev–Trinajstić information content (AvgIpc) is 3.37. The Balaban J connectivity index is 0.000000930. The number of aryl methyl sites for hydroxylation is 1. The quantitative estimate of drug-likeness (QED) is 0.124. The molecule has 236 valence electrons. The summed E-state index contributed by atoms with van der Waals surface area (Å²) in [6.07, 6.45) is 6.74. The van der Waals surface area contributed by atoms with Crippen LogP contribution in [0.4, 0.5) is 0 Å². The highest BCUT2D eigenvalue weighted by atomic mass is 31.2. The number of nitriles is 1. The van der Waals surface area contributed by atoms with Crippen LogP contribution in [-0.4, -0.2) is 48.0 Å². The molecule has 0 saturated heterocycles. The average molecular weight is 622 g/mol. The van der Waals surface area contributed by atoms with Crippen LogP contribution in [0.15, 0.2) is 95.1 Å². The van der Waals surface area contributed by atoms with Gasteiger partial charge >= 0.3 is 7.82 Å². The number of pyridine rings is 1. The molecule has 11 nitrogen and oxygen atoms in total. The number of hydrogen-bond acceptors (Lipinski definition) is 10. The predicted molar refractivity (Wildman–Crippen MR) is 176 cm³/mol. The SMILES string of the molecule is C=C(C)N=N/C(C)=C\C.C=C/C(=C(/C=C\C(=C)C)N(C)C)c1ccc(C(C)OP(=O)(OC)OC)c(-n2nc(C#N)cc2C)n1. The Morgan fingerprint density at radius 3 is 2.25 bits per heavy atom. The highest BCUT2D eigenvalue weighted by Crippen LogP contribution is 2.52. The standard InChI is InChI=1S/C25H32N5O4P.C7H12N2/c1-10-21(24(29(6)7)14-11-17(2)3)23-13-12-22(19(5)34-35(31,32-8)33-9)25(27-23)30-18(4)15-20(16-26)28-30;1-5-7(4)9-8-6(2)3/h10-15,19H,1-2H2,3-9H3;5H,2H2,1,3-4H3/b14-11-,24-21+;7-5-,9-8?. The van der Waals surface area contributed by atoms with Gasteiger partial charge in [0.1, 0.15) is 6.07 Å². The van der Waals surface area contributed by atoms with Crippen LogP contribution in [0.5, 0.6) is 0 Å². The molecule has 2 heterocycles. The van der Waals surface area contributed by atoms with Gasteiger partial charge in [-0.1, -0.05) is 49.6 Å². The minimum absolute atomic E-state index is 0.242. The monoisotopic (exact) mass is 621 g/mol. The molecule has 12 heteroatoms. The molecule has 44 heavy (non-hydrogen) atoms. The van der Waals surface area contributed by atoms with Gasteiger partial charge in [-0.2, -0.15) is 20.6 Å². The number of azo groups is 1. The summed E-state index contributed by atoms with van der Waals surface area (Å²) in [5.74, 6) is 0.411. The fourth-order valence-electron chi connectivity index (χ4n) is 3.51. The van der Waals surface area contributed by atoms with Crippen molar-refractivity contribution in [2.24, 2.45) is 10.2 Å². The summed E-state index contributed by atoms with van der Waals surface area (Å²) in [5.41, 5.74) is 6.33. The Morgan fingerprint density at radius 1 is 1.16 bits per heavy atom. The van der Waals surface area contributed by atoms with Gasteiger partial charge in [-0.25, -0.2) is 14.2 Å². The maximum atomic E-state index is 12.6.